The summed E-state index contributed by atoms with van der Waals surface area (Å²) in [7, 11) is 0. The van der Waals surface area contributed by atoms with Gasteiger partial charge >= 0.3 is 6.18 Å². The van der Waals surface area contributed by atoms with E-state index >= 15 is 0 Å². The molecule has 0 bridgehead atoms. The highest BCUT2D eigenvalue weighted by Gasteiger charge is 2.38. The zero-order valence-corrected chi connectivity index (χ0v) is 11.8. The van der Waals surface area contributed by atoms with Crippen LogP contribution in [-0.2, 0) is 0 Å². The number of rotatable bonds is 4. The summed E-state index contributed by atoms with van der Waals surface area (Å²) in [5.74, 6) is -0.128. The number of hydrogen-bond donors (Lipinski definition) is 0. The molecule has 1 aromatic heterocycles. The van der Waals surface area contributed by atoms with Crippen molar-refractivity contribution in [2.24, 2.45) is 0 Å². The fourth-order valence-electron chi connectivity index (χ4n) is 1.90. The summed E-state index contributed by atoms with van der Waals surface area (Å²) in [6.07, 6.45) is 0.000367. The van der Waals surface area contributed by atoms with Crippen molar-refractivity contribution in [3.05, 3.63) is 0 Å². The van der Waals surface area contributed by atoms with E-state index in [4.69, 9.17) is 0 Å². The van der Waals surface area contributed by atoms with Gasteiger partial charge in [0.05, 0.1) is 6.04 Å². The lowest BCUT2D eigenvalue weighted by atomic mass is 10.3. The second-order valence-corrected chi connectivity index (χ2v) is 6.26. The fraction of sp³-hybridized carbons (Fsp3) is 0.889. The molecule has 0 aromatic carbocycles. The predicted octanol–water partition coefficient (Wildman–Crippen LogP) is 3.21. The van der Waals surface area contributed by atoms with Crippen LogP contribution in [0.2, 0.25) is 0 Å². The minimum Gasteiger partial charge on any atom is -0.217 e. The Morgan fingerprint density at radius 3 is 2.67 bits per heavy atom. The third kappa shape index (κ3) is 3.37. The average Bonchev–Trinajstić information content (AvgIpc) is 2.94. The molecular weight excluding hydrogens is 333 g/mol. The maximum absolute atomic E-state index is 12.4. The second-order valence-electron chi connectivity index (χ2n) is 4.16. The molecule has 18 heavy (non-hydrogen) atoms. The van der Waals surface area contributed by atoms with Crippen LogP contribution in [0.15, 0.2) is 5.16 Å². The Labute approximate surface area is 115 Å². The van der Waals surface area contributed by atoms with Gasteiger partial charge in [-0.05, 0) is 23.3 Å². The monoisotopic (exact) mass is 344 g/mol. The third-order valence-electron chi connectivity index (χ3n) is 2.85. The highest BCUT2D eigenvalue weighted by molar-refractivity contribution is 9.09. The molecule has 9 heteroatoms. The van der Waals surface area contributed by atoms with Gasteiger partial charge < -0.3 is 0 Å². The highest BCUT2D eigenvalue weighted by atomic mass is 79.9. The van der Waals surface area contributed by atoms with Gasteiger partial charge in [0.25, 0.3) is 0 Å². The zero-order valence-electron chi connectivity index (χ0n) is 9.40. The lowest BCUT2D eigenvalue weighted by Gasteiger charge is -2.14. The van der Waals surface area contributed by atoms with Crippen LogP contribution >= 0.6 is 27.7 Å². The average molecular weight is 345 g/mol. The van der Waals surface area contributed by atoms with Crippen LogP contribution in [0.5, 0.6) is 0 Å². The molecule has 102 valence electrons. The summed E-state index contributed by atoms with van der Waals surface area (Å²) in [4.78, 5) is -1.54. The summed E-state index contributed by atoms with van der Waals surface area (Å²) in [5.41, 5.74) is 0. The Morgan fingerprint density at radius 2 is 2.06 bits per heavy atom. The van der Waals surface area contributed by atoms with Crippen LogP contribution in [0, 0.1) is 0 Å². The van der Waals surface area contributed by atoms with E-state index in [9.17, 15) is 13.2 Å². The minimum atomic E-state index is -4.24. The first-order chi connectivity index (χ1) is 8.48. The smallest absolute Gasteiger partial charge is 0.217 e. The van der Waals surface area contributed by atoms with Gasteiger partial charge in [-0.15, -0.1) is 5.10 Å². The molecule has 0 radical (unpaired) electrons. The van der Waals surface area contributed by atoms with Crippen LogP contribution in [0.3, 0.4) is 0 Å². The van der Waals surface area contributed by atoms with Crippen molar-refractivity contribution in [1.82, 2.24) is 20.2 Å². The molecule has 4 nitrogen and oxygen atoms in total. The van der Waals surface area contributed by atoms with E-state index in [1.807, 2.05) is 0 Å². The molecule has 0 amide bonds. The lowest BCUT2D eigenvalue weighted by molar-refractivity contribution is -0.122. The highest BCUT2D eigenvalue weighted by Crippen LogP contribution is 2.34. The molecule has 0 spiro atoms. The van der Waals surface area contributed by atoms with E-state index in [0.29, 0.717) is 5.16 Å². The Hall–Kier alpha value is -0.310. The second kappa shape index (κ2) is 5.77. The molecule has 1 atom stereocenters. The zero-order chi connectivity index (χ0) is 13.2. The van der Waals surface area contributed by atoms with Crippen molar-refractivity contribution in [3.8, 4) is 0 Å². The Bertz CT molecular complexity index is 391. The van der Waals surface area contributed by atoms with Gasteiger partial charge in [-0.1, -0.05) is 40.5 Å². The molecule has 1 saturated carbocycles. The molecule has 0 N–H and O–H groups in total. The molecule has 1 fully saturated rings. The van der Waals surface area contributed by atoms with Crippen molar-refractivity contribution in [1.29, 1.82) is 0 Å². The Morgan fingerprint density at radius 1 is 1.39 bits per heavy atom. The molecule has 1 heterocycles. The fourth-order valence-corrected chi connectivity index (χ4v) is 3.19. The number of alkyl halides is 4. The number of tetrazole rings is 1. The SMILES string of the molecule is FC(F)(F)C(Br)CSc1nnnn1C1CCCC1. The van der Waals surface area contributed by atoms with Gasteiger partial charge in [-0.3, -0.25) is 0 Å². The van der Waals surface area contributed by atoms with E-state index in [2.05, 4.69) is 31.5 Å². The van der Waals surface area contributed by atoms with Crippen LogP contribution in [0.25, 0.3) is 0 Å². The van der Waals surface area contributed by atoms with E-state index in [-0.39, 0.29) is 11.8 Å². The van der Waals surface area contributed by atoms with Crippen LogP contribution in [-0.4, -0.2) is 37.0 Å². The van der Waals surface area contributed by atoms with Gasteiger partial charge in [-0.25, -0.2) is 4.68 Å². The van der Waals surface area contributed by atoms with Crippen LogP contribution in [0.4, 0.5) is 13.2 Å². The molecule has 0 saturated heterocycles. The Balaban J connectivity index is 1.95. The summed E-state index contributed by atoms with van der Waals surface area (Å²) in [5, 5.41) is 11.7. The van der Waals surface area contributed by atoms with E-state index < -0.39 is 11.0 Å². The molecule has 2 rings (SSSR count). The standard InChI is InChI=1S/C9H12BrF3N4S/c10-7(9(11,12)13)5-18-8-14-15-16-17(8)6-3-1-2-4-6/h6-7H,1-5H2. The van der Waals surface area contributed by atoms with Gasteiger partial charge in [0.15, 0.2) is 0 Å². The van der Waals surface area contributed by atoms with Gasteiger partial charge in [0, 0.05) is 5.75 Å². The van der Waals surface area contributed by atoms with Crippen molar-refractivity contribution in [3.63, 3.8) is 0 Å². The first kappa shape index (κ1) is 14.1. The number of thioether (sulfide) groups is 1. The minimum absolute atomic E-state index is 0.128. The quantitative estimate of drug-likeness (QED) is 0.621. The van der Waals surface area contributed by atoms with Gasteiger partial charge in [-0.2, -0.15) is 13.2 Å². The molecule has 1 aliphatic rings. The van der Waals surface area contributed by atoms with Crippen molar-refractivity contribution in [2.45, 2.75) is 47.9 Å². The van der Waals surface area contributed by atoms with Gasteiger partial charge in [0.2, 0.25) is 5.16 Å². The number of hydrogen-bond acceptors (Lipinski definition) is 4. The van der Waals surface area contributed by atoms with E-state index in [0.717, 1.165) is 37.4 Å². The van der Waals surface area contributed by atoms with E-state index in [1.54, 1.807) is 4.68 Å². The summed E-state index contributed by atoms with van der Waals surface area (Å²) >= 11 is 3.66. The Kier molecular flexibility index (Phi) is 4.52. The first-order valence-corrected chi connectivity index (χ1v) is 7.50. The normalized spacial score (nSPS) is 19.3. The molecule has 1 aromatic rings. The lowest BCUT2D eigenvalue weighted by Crippen LogP contribution is -2.25. The summed E-state index contributed by atoms with van der Waals surface area (Å²) < 4.78 is 38.7. The van der Waals surface area contributed by atoms with Gasteiger partial charge in [0.1, 0.15) is 4.83 Å². The topological polar surface area (TPSA) is 43.6 Å². The molecular formula is C9H12BrF3N4S. The van der Waals surface area contributed by atoms with Crippen molar-refractivity contribution >= 4 is 27.7 Å². The first-order valence-electron chi connectivity index (χ1n) is 5.60. The number of halogens is 4. The third-order valence-corrected chi connectivity index (χ3v) is 5.15. The van der Waals surface area contributed by atoms with E-state index in [1.165, 1.54) is 0 Å². The summed E-state index contributed by atoms with van der Waals surface area (Å²) in [6.45, 7) is 0. The predicted molar refractivity (Wildman–Crippen MR) is 64.8 cm³/mol. The van der Waals surface area contributed by atoms with Crippen molar-refractivity contribution in [2.75, 3.05) is 5.75 Å². The summed E-state index contributed by atoms with van der Waals surface area (Å²) in [6, 6.07) is 0.238. The number of nitrogens with zero attached hydrogens (tertiary/aromatic N) is 4. The van der Waals surface area contributed by atoms with Crippen molar-refractivity contribution < 1.29 is 13.2 Å². The van der Waals surface area contributed by atoms with Crippen LogP contribution in [0.1, 0.15) is 31.7 Å². The molecule has 1 aliphatic carbocycles. The number of aromatic nitrogens is 4. The molecule has 1 unspecified atom stereocenters. The van der Waals surface area contributed by atoms with Crippen LogP contribution < -0.4 is 0 Å². The maximum Gasteiger partial charge on any atom is 0.402 e. The maximum atomic E-state index is 12.4. The largest absolute Gasteiger partial charge is 0.402 e. The molecule has 0 aliphatic heterocycles.